The highest BCUT2D eigenvalue weighted by Crippen LogP contribution is 2.48. The molecule has 136 valence electrons. The van der Waals surface area contributed by atoms with Gasteiger partial charge in [0.2, 0.25) is 0 Å². The molecule has 4 nitrogen and oxygen atoms in total. The van der Waals surface area contributed by atoms with Crippen molar-refractivity contribution in [2.45, 2.75) is 69.8 Å². The zero-order valence-electron chi connectivity index (χ0n) is 12.4. The summed E-state index contributed by atoms with van der Waals surface area (Å²) < 4.78 is 80.5. The Morgan fingerprint density at radius 1 is 0.913 bits per heavy atom. The number of hydrogen-bond acceptors (Lipinski definition) is 3. The molecular formula is C13H18F6O4. The van der Waals surface area contributed by atoms with Crippen LogP contribution in [0, 0.1) is 0 Å². The number of carboxylic acid groups (broad SMARTS) is 1. The molecule has 0 bridgehead atoms. The Hall–Kier alpha value is -1.48. The van der Waals surface area contributed by atoms with Crippen LogP contribution in [-0.4, -0.2) is 35.0 Å². The summed E-state index contributed by atoms with van der Waals surface area (Å²) >= 11 is 0. The first-order valence-corrected chi connectivity index (χ1v) is 6.94. The highest BCUT2D eigenvalue weighted by molar-refractivity contribution is 5.73. The van der Waals surface area contributed by atoms with Crippen LogP contribution in [0.25, 0.3) is 0 Å². The second-order valence-corrected chi connectivity index (χ2v) is 5.03. The smallest absolute Gasteiger partial charge is 0.438 e. The van der Waals surface area contributed by atoms with Gasteiger partial charge in [0.05, 0.1) is 0 Å². The Bertz CT molecular complexity index is 388. The van der Waals surface area contributed by atoms with Gasteiger partial charge in [-0.05, 0) is 6.42 Å². The van der Waals surface area contributed by atoms with Crippen LogP contribution in [0.3, 0.4) is 0 Å². The molecule has 0 unspecified atom stereocenters. The summed E-state index contributed by atoms with van der Waals surface area (Å²) in [5.41, 5.74) is -5.04. The molecule has 1 N–H and O–H groups in total. The molecule has 0 saturated carbocycles. The molecule has 0 amide bonds. The minimum atomic E-state index is -6.10. The monoisotopic (exact) mass is 352 g/mol. The molecule has 0 aliphatic heterocycles. The highest BCUT2D eigenvalue weighted by Gasteiger charge is 2.75. The van der Waals surface area contributed by atoms with E-state index in [4.69, 9.17) is 5.11 Å². The molecule has 10 heteroatoms. The topological polar surface area (TPSA) is 63.6 Å². The van der Waals surface area contributed by atoms with Crippen LogP contribution in [-0.2, 0) is 14.3 Å². The van der Waals surface area contributed by atoms with Crippen LogP contribution >= 0.6 is 0 Å². The largest absolute Gasteiger partial charge is 0.481 e. The van der Waals surface area contributed by atoms with Crippen molar-refractivity contribution in [1.82, 2.24) is 0 Å². The lowest BCUT2D eigenvalue weighted by Gasteiger charge is -2.35. The number of hydrogen-bond donors (Lipinski definition) is 1. The van der Waals surface area contributed by atoms with Gasteiger partial charge in [-0.1, -0.05) is 32.6 Å². The number of esters is 1. The summed E-state index contributed by atoms with van der Waals surface area (Å²) in [6.07, 6.45) is -12.4. The molecule has 0 fully saturated rings. The Morgan fingerprint density at radius 3 is 1.78 bits per heavy atom. The average molecular weight is 352 g/mol. The number of carbonyl (C=O) groups is 2. The predicted molar refractivity (Wildman–Crippen MR) is 66.6 cm³/mol. The number of alkyl halides is 6. The fraction of sp³-hybridized carbons (Fsp3) is 0.846. The molecule has 0 aliphatic rings. The van der Waals surface area contributed by atoms with Crippen LogP contribution in [0.2, 0.25) is 0 Å². The number of aliphatic carboxylic acids is 1. The van der Waals surface area contributed by atoms with Crippen molar-refractivity contribution in [3.63, 3.8) is 0 Å². The Kier molecular flexibility index (Phi) is 7.85. The van der Waals surface area contributed by atoms with E-state index >= 15 is 0 Å². The van der Waals surface area contributed by atoms with Gasteiger partial charge in [0.25, 0.3) is 0 Å². The zero-order chi connectivity index (χ0) is 18.3. The Morgan fingerprint density at radius 2 is 1.39 bits per heavy atom. The van der Waals surface area contributed by atoms with E-state index in [9.17, 15) is 35.9 Å². The van der Waals surface area contributed by atoms with E-state index in [2.05, 4.69) is 4.74 Å². The van der Waals surface area contributed by atoms with Gasteiger partial charge in [0, 0.05) is 6.42 Å². The van der Waals surface area contributed by atoms with E-state index in [1.54, 1.807) is 0 Å². The van der Waals surface area contributed by atoms with Crippen molar-refractivity contribution in [2.24, 2.45) is 0 Å². The molecule has 23 heavy (non-hydrogen) atoms. The van der Waals surface area contributed by atoms with Gasteiger partial charge in [-0.15, -0.1) is 0 Å². The molecule has 0 aromatic rings. The Balaban J connectivity index is 5.09. The second-order valence-electron chi connectivity index (χ2n) is 5.03. The van der Waals surface area contributed by atoms with Crippen LogP contribution < -0.4 is 0 Å². The van der Waals surface area contributed by atoms with Gasteiger partial charge in [0.15, 0.2) is 0 Å². The molecule has 0 saturated heterocycles. The summed E-state index contributed by atoms with van der Waals surface area (Å²) in [5, 5.41) is 8.37. The molecule has 0 aliphatic carbocycles. The molecule has 0 aromatic heterocycles. The van der Waals surface area contributed by atoms with Gasteiger partial charge >= 0.3 is 29.9 Å². The maximum Gasteiger partial charge on any atom is 0.438 e. The number of rotatable bonds is 9. The van der Waals surface area contributed by atoms with Crippen molar-refractivity contribution < 1.29 is 45.8 Å². The van der Waals surface area contributed by atoms with Crippen LogP contribution in [0.15, 0.2) is 0 Å². The predicted octanol–water partition coefficient (Wildman–Crippen LogP) is 4.23. The maximum absolute atomic E-state index is 12.8. The minimum Gasteiger partial charge on any atom is -0.481 e. The fourth-order valence-corrected chi connectivity index (χ4v) is 1.84. The standard InChI is InChI=1S/C13H18F6O4/c1-2-3-4-5-6-7-10(22)23-11(8-9(20)21,12(14,15)16)13(17,18)19/h2-8H2,1H3,(H,20,21). The van der Waals surface area contributed by atoms with E-state index < -0.39 is 42.7 Å². The van der Waals surface area contributed by atoms with Crippen molar-refractivity contribution in [3.8, 4) is 0 Å². The summed E-state index contributed by atoms with van der Waals surface area (Å²) in [4.78, 5) is 21.8. The summed E-state index contributed by atoms with van der Waals surface area (Å²) in [6.45, 7) is 1.90. The molecule has 0 heterocycles. The number of ether oxygens (including phenoxy) is 1. The highest BCUT2D eigenvalue weighted by atomic mass is 19.4. The number of unbranched alkanes of at least 4 members (excludes halogenated alkanes) is 4. The average Bonchev–Trinajstić information content (AvgIpc) is 2.34. The van der Waals surface area contributed by atoms with Crippen LogP contribution in [0.5, 0.6) is 0 Å². The van der Waals surface area contributed by atoms with E-state index in [1.165, 1.54) is 0 Å². The molecule has 0 aromatic carbocycles. The van der Waals surface area contributed by atoms with Crippen molar-refractivity contribution >= 4 is 11.9 Å². The first kappa shape index (κ1) is 21.5. The summed E-state index contributed by atoms with van der Waals surface area (Å²) in [5.74, 6) is -4.10. The summed E-state index contributed by atoms with van der Waals surface area (Å²) in [6, 6.07) is 0. The third-order valence-corrected chi connectivity index (χ3v) is 3.09. The van der Waals surface area contributed by atoms with E-state index in [1.807, 2.05) is 6.92 Å². The van der Waals surface area contributed by atoms with Gasteiger partial charge in [-0.25, -0.2) is 0 Å². The third-order valence-electron chi connectivity index (χ3n) is 3.09. The van der Waals surface area contributed by atoms with Gasteiger partial charge < -0.3 is 9.84 Å². The number of halogens is 6. The maximum atomic E-state index is 12.8. The minimum absolute atomic E-state index is 0.0672. The normalized spacial score (nSPS) is 13.0. The molecule has 0 atom stereocenters. The van der Waals surface area contributed by atoms with E-state index in [0.717, 1.165) is 12.8 Å². The molecule has 0 rings (SSSR count). The second kappa shape index (κ2) is 8.39. The zero-order valence-corrected chi connectivity index (χ0v) is 12.4. The van der Waals surface area contributed by atoms with E-state index in [0.29, 0.717) is 12.8 Å². The quantitative estimate of drug-likeness (QED) is 0.383. The fourth-order valence-electron chi connectivity index (χ4n) is 1.84. The van der Waals surface area contributed by atoms with Crippen molar-refractivity contribution in [3.05, 3.63) is 0 Å². The third kappa shape index (κ3) is 6.26. The molecule has 0 spiro atoms. The number of carbonyl (C=O) groups excluding carboxylic acids is 1. The lowest BCUT2D eigenvalue weighted by atomic mass is 9.97. The van der Waals surface area contributed by atoms with Crippen molar-refractivity contribution in [2.75, 3.05) is 0 Å². The molecular weight excluding hydrogens is 334 g/mol. The van der Waals surface area contributed by atoms with E-state index in [-0.39, 0.29) is 6.42 Å². The Labute approximate surface area is 128 Å². The molecule has 0 radical (unpaired) electrons. The van der Waals surface area contributed by atoms with Gasteiger partial charge in [-0.3, -0.25) is 9.59 Å². The number of carboxylic acids is 1. The first-order valence-electron chi connectivity index (χ1n) is 6.94. The van der Waals surface area contributed by atoms with Crippen LogP contribution in [0.1, 0.15) is 51.9 Å². The summed E-state index contributed by atoms with van der Waals surface area (Å²) in [7, 11) is 0. The lowest BCUT2D eigenvalue weighted by Crippen LogP contribution is -2.60. The van der Waals surface area contributed by atoms with Gasteiger partial charge in [-0.2, -0.15) is 26.3 Å². The SMILES string of the molecule is CCCCCCCC(=O)OC(CC(=O)O)(C(F)(F)F)C(F)(F)F. The lowest BCUT2D eigenvalue weighted by molar-refractivity contribution is -0.369. The van der Waals surface area contributed by atoms with Gasteiger partial charge in [0.1, 0.15) is 6.42 Å². The first-order chi connectivity index (χ1) is 10.4. The van der Waals surface area contributed by atoms with Crippen molar-refractivity contribution in [1.29, 1.82) is 0 Å². The van der Waals surface area contributed by atoms with Crippen LogP contribution in [0.4, 0.5) is 26.3 Å².